The SMILES string of the molecule is CN(C)C(=O)C1(n2ccnc2)CCCN(C(=O)Cn2ccccc2=O)C1.O=CO. The Morgan fingerprint density at radius 2 is 2.03 bits per heavy atom. The topological polar surface area (TPSA) is 118 Å². The number of pyridine rings is 1. The van der Waals surface area contributed by atoms with E-state index in [2.05, 4.69) is 4.98 Å². The summed E-state index contributed by atoms with van der Waals surface area (Å²) in [5.41, 5.74) is -1.08. The highest BCUT2D eigenvalue weighted by molar-refractivity contribution is 5.86. The van der Waals surface area contributed by atoms with Crippen LogP contribution in [0.2, 0.25) is 0 Å². The van der Waals surface area contributed by atoms with Crippen LogP contribution in [0.5, 0.6) is 0 Å². The molecule has 1 aliphatic heterocycles. The molecule has 2 amide bonds. The number of hydrogen-bond donors (Lipinski definition) is 1. The fourth-order valence-corrected chi connectivity index (χ4v) is 3.51. The molecule has 3 heterocycles. The molecule has 1 saturated heterocycles. The highest BCUT2D eigenvalue weighted by atomic mass is 16.3. The maximum atomic E-state index is 13.0. The molecule has 0 aromatic carbocycles. The molecule has 1 atom stereocenters. The number of likely N-dealkylation sites (N-methyl/N-ethyl adjacent to an activating group) is 1. The largest absolute Gasteiger partial charge is 0.483 e. The van der Waals surface area contributed by atoms with E-state index in [4.69, 9.17) is 9.90 Å². The van der Waals surface area contributed by atoms with Gasteiger partial charge in [-0.15, -0.1) is 0 Å². The molecule has 156 valence electrons. The van der Waals surface area contributed by atoms with Gasteiger partial charge in [0.1, 0.15) is 12.1 Å². The molecule has 0 saturated carbocycles. The molecule has 2 aromatic rings. The van der Waals surface area contributed by atoms with E-state index >= 15 is 0 Å². The lowest BCUT2D eigenvalue weighted by Crippen LogP contribution is -2.59. The van der Waals surface area contributed by atoms with Gasteiger partial charge >= 0.3 is 0 Å². The van der Waals surface area contributed by atoms with Crippen LogP contribution in [-0.2, 0) is 26.5 Å². The fraction of sp³-hybridized carbons (Fsp3) is 0.421. The number of carboxylic acid groups (broad SMARTS) is 1. The number of carbonyl (C=O) groups is 3. The molecule has 10 heteroatoms. The van der Waals surface area contributed by atoms with E-state index in [9.17, 15) is 14.4 Å². The molecule has 1 fully saturated rings. The third kappa shape index (κ3) is 4.89. The van der Waals surface area contributed by atoms with Crippen molar-refractivity contribution in [2.45, 2.75) is 24.9 Å². The van der Waals surface area contributed by atoms with Gasteiger partial charge in [-0.2, -0.15) is 0 Å². The van der Waals surface area contributed by atoms with Crippen molar-refractivity contribution < 1.29 is 19.5 Å². The summed E-state index contributed by atoms with van der Waals surface area (Å²) in [7, 11) is 3.43. The summed E-state index contributed by atoms with van der Waals surface area (Å²) in [4.78, 5) is 53.3. The zero-order chi connectivity index (χ0) is 21.4. The van der Waals surface area contributed by atoms with Gasteiger partial charge in [-0.05, 0) is 18.9 Å². The molecule has 10 nitrogen and oxygen atoms in total. The first-order chi connectivity index (χ1) is 13.9. The van der Waals surface area contributed by atoms with Crippen molar-refractivity contribution in [1.82, 2.24) is 23.9 Å². The van der Waals surface area contributed by atoms with Crippen LogP contribution in [0.25, 0.3) is 0 Å². The number of nitrogens with zero attached hydrogens (tertiary/aromatic N) is 5. The van der Waals surface area contributed by atoms with Crippen LogP contribution in [0.4, 0.5) is 0 Å². The van der Waals surface area contributed by atoms with Gasteiger partial charge in [0.25, 0.3) is 12.0 Å². The number of hydrogen-bond acceptors (Lipinski definition) is 5. The van der Waals surface area contributed by atoms with E-state index in [1.165, 1.54) is 10.6 Å². The van der Waals surface area contributed by atoms with Crippen LogP contribution in [0.1, 0.15) is 12.8 Å². The van der Waals surface area contributed by atoms with Crippen LogP contribution >= 0.6 is 0 Å². The summed E-state index contributed by atoms with van der Waals surface area (Å²) >= 11 is 0. The third-order valence-corrected chi connectivity index (χ3v) is 4.83. The van der Waals surface area contributed by atoms with Gasteiger partial charge < -0.3 is 24.0 Å². The smallest absolute Gasteiger partial charge is 0.290 e. The van der Waals surface area contributed by atoms with Crippen molar-refractivity contribution in [3.05, 3.63) is 53.5 Å². The van der Waals surface area contributed by atoms with Gasteiger partial charge in [-0.3, -0.25) is 19.2 Å². The Bertz CT molecular complexity index is 892. The van der Waals surface area contributed by atoms with Gasteiger partial charge in [-0.25, -0.2) is 4.98 Å². The van der Waals surface area contributed by atoms with Crippen molar-refractivity contribution in [2.75, 3.05) is 27.2 Å². The Hall–Kier alpha value is -3.43. The van der Waals surface area contributed by atoms with Crippen LogP contribution in [0.3, 0.4) is 0 Å². The minimum absolute atomic E-state index is 0.0319. The Kier molecular flexibility index (Phi) is 7.29. The zero-order valence-electron chi connectivity index (χ0n) is 16.5. The monoisotopic (exact) mass is 403 g/mol. The van der Waals surface area contributed by atoms with Crippen LogP contribution in [0, 0.1) is 0 Å². The maximum absolute atomic E-state index is 13.0. The second kappa shape index (κ2) is 9.67. The number of piperidine rings is 1. The van der Waals surface area contributed by atoms with Gasteiger partial charge in [0.2, 0.25) is 11.8 Å². The van der Waals surface area contributed by atoms with Gasteiger partial charge in [0.15, 0.2) is 0 Å². The van der Waals surface area contributed by atoms with E-state index < -0.39 is 5.54 Å². The van der Waals surface area contributed by atoms with Gasteiger partial charge in [-0.1, -0.05) is 6.07 Å². The van der Waals surface area contributed by atoms with Crippen molar-refractivity contribution in [2.24, 2.45) is 0 Å². The predicted octanol–water partition coefficient (Wildman–Crippen LogP) is -0.148. The molecular weight excluding hydrogens is 378 g/mol. The lowest BCUT2D eigenvalue weighted by molar-refractivity contribution is -0.146. The average Bonchev–Trinajstić information content (AvgIpc) is 3.25. The highest BCUT2D eigenvalue weighted by Crippen LogP contribution is 2.30. The molecule has 0 bridgehead atoms. The minimum atomic E-state index is -0.866. The normalized spacial score (nSPS) is 18.3. The summed E-state index contributed by atoms with van der Waals surface area (Å²) in [5.74, 6) is -0.237. The summed E-state index contributed by atoms with van der Waals surface area (Å²) < 4.78 is 3.17. The van der Waals surface area contributed by atoms with E-state index in [1.54, 1.807) is 65.5 Å². The number of imidazole rings is 1. The summed E-state index contributed by atoms with van der Waals surface area (Å²) in [6, 6.07) is 4.79. The highest BCUT2D eigenvalue weighted by Gasteiger charge is 2.45. The number of amides is 2. The molecule has 1 unspecified atom stereocenters. The molecule has 1 N–H and O–H groups in total. The van der Waals surface area contributed by atoms with Gasteiger partial charge in [0, 0.05) is 45.3 Å². The van der Waals surface area contributed by atoms with Gasteiger partial charge in [0.05, 0.1) is 12.9 Å². The van der Waals surface area contributed by atoms with Crippen molar-refractivity contribution in [3.8, 4) is 0 Å². The standard InChI is InChI=1S/C18H23N5O3.CH2O2/c1-20(2)17(26)18(23-11-8-19-14-23)7-5-10-22(13-18)16(25)12-21-9-4-3-6-15(21)24;2-1-3/h3-4,6,8-9,11,14H,5,7,10,12-13H2,1-2H3;1H,(H,2,3). The molecule has 0 aliphatic carbocycles. The summed E-state index contributed by atoms with van der Waals surface area (Å²) in [6.07, 6.45) is 7.95. The van der Waals surface area contributed by atoms with Crippen LogP contribution in [-0.4, -0.2) is 74.5 Å². The van der Waals surface area contributed by atoms with Crippen molar-refractivity contribution in [3.63, 3.8) is 0 Å². The van der Waals surface area contributed by atoms with Crippen molar-refractivity contribution >= 4 is 18.3 Å². The molecule has 3 rings (SSSR count). The maximum Gasteiger partial charge on any atom is 0.290 e. The van der Waals surface area contributed by atoms with E-state index in [1.807, 2.05) is 0 Å². The Balaban J connectivity index is 0.000000941. The molecule has 0 spiro atoms. The van der Waals surface area contributed by atoms with Crippen LogP contribution in [0.15, 0.2) is 47.9 Å². The Morgan fingerprint density at radius 1 is 1.31 bits per heavy atom. The second-order valence-electron chi connectivity index (χ2n) is 6.89. The van der Waals surface area contributed by atoms with E-state index in [-0.39, 0.29) is 36.9 Å². The number of likely N-dealkylation sites (tertiary alicyclic amines) is 1. The lowest BCUT2D eigenvalue weighted by Gasteiger charge is -2.43. The average molecular weight is 403 g/mol. The van der Waals surface area contributed by atoms with Crippen molar-refractivity contribution in [1.29, 1.82) is 0 Å². The zero-order valence-corrected chi connectivity index (χ0v) is 16.5. The number of rotatable bonds is 4. The second-order valence-corrected chi connectivity index (χ2v) is 6.89. The first-order valence-corrected chi connectivity index (χ1v) is 9.07. The summed E-state index contributed by atoms with van der Waals surface area (Å²) in [5, 5.41) is 6.89. The Labute approximate surface area is 168 Å². The number of aromatic nitrogens is 3. The lowest BCUT2D eigenvalue weighted by atomic mass is 9.87. The first kappa shape index (κ1) is 21.9. The minimum Gasteiger partial charge on any atom is -0.483 e. The predicted molar refractivity (Wildman–Crippen MR) is 104 cm³/mol. The summed E-state index contributed by atoms with van der Waals surface area (Å²) in [6.45, 7) is 0.550. The fourth-order valence-electron chi connectivity index (χ4n) is 3.51. The first-order valence-electron chi connectivity index (χ1n) is 9.07. The van der Waals surface area contributed by atoms with E-state index in [0.29, 0.717) is 19.4 Å². The molecule has 2 aromatic heterocycles. The third-order valence-electron chi connectivity index (χ3n) is 4.83. The number of carbonyl (C=O) groups excluding carboxylic acids is 2. The Morgan fingerprint density at radius 3 is 2.62 bits per heavy atom. The van der Waals surface area contributed by atoms with E-state index in [0.717, 1.165) is 0 Å². The quantitative estimate of drug-likeness (QED) is 0.710. The molecule has 0 radical (unpaired) electrons. The molecular formula is C19H25N5O5. The molecule has 1 aliphatic rings. The molecule has 29 heavy (non-hydrogen) atoms. The van der Waals surface area contributed by atoms with Crippen LogP contribution < -0.4 is 5.56 Å².